The lowest BCUT2D eigenvalue weighted by atomic mass is 10.3. The summed E-state index contributed by atoms with van der Waals surface area (Å²) in [6.45, 7) is 0.537. The van der Waals surface area contributed by atoms with Crippen molar-refractivity contribution in [2.24, 2.45) is 0 Å². The van der Waals surface area contributed by atoms with Crippen LogP contribution in [0.5, 0.6) is 5.75 Å². The van der Waals surface area contributed by atoms with Crippen molar-refractivity contribution in [1.29, 1.82) is 0 Å². The van der Waals surface area contributed by atoms with Crippen molar-refractivity contribution in [3.8, 4) is 5.75 Å². The standard InChI is InChI=1S/C13H14ClNOS/c14-8-4-5-11-10-17-13(15-11)9-16-12-6-2-1-3-7-12/h1-3,6-7,10H,4-5,8-9H2. The maximum atomic E-state index is 5.65. The first kappa shape index (κ1) is 12.4. The number of hydrogen-bond donors (Lipinski definition) is 0. The lowest BCUT2D eigenvalue weighted by molar-refractivity contribution is 0.305. The molecule has 0 fully saturated rings. The van der Waals surface area contributed by atoms with E-state index in [2.05, 4.69) is 10.4 Å². The Balaban J connectivity index is 1.85. The first-order chi connectivity index (χ1) is 8.38. The van der Waals surface area contributed by atoms with Gasteiger partial charge in [0.2, 0.25) is 0 Å². The molecule has 0 bridgehead atoms. The van der Waals surface area contributed by atoms with Gasteiger partial charge in [-0.05, 0) is 25.0 Å². The molecule has 1 aromatic carbocycles. The number of alkyl halides is 1. The van der Waals surface area contributed by atoms with Crippen molar-refractivity contribution in [2.75, 3.05) is 5.88 Å². The fourth-order valence-corrected chi connectivity index (χ4v) is 2.31. The van der Waals surface area contributed by atoms with E-state index in [0.717, 1.165) is 29.3 Å². The third-order valence-electron chi connectivity index (χ3n) is 2.27. The highest BCUT2D eigenvalue weighted by molar-refractivity contribution is 7.09. The summed E-state index contributed by atoms with van der Waals surface area (Å²) in [5, 5.41) is 3.09. The van der Waals surface area contributed by atoms with E-state index in [4.69, 9.17) is 16.3 Å². The predicted octanol–water partition coefficient (Wildman–Crippen LogP) is 3.89. The van der Waals surface area contributed by atoms with Crippen LogP contribution in [0.2, 0.25) is 0 Å². The third kappa shape index (κ3) is 4.02. The topological polar surface area (TPSA) is 22.1 Å². The van der Waals surface area contributed by atoms with Gasteiger partial charge in [-0.15, -0.1) is 22.9 Å². The maximum Gasteiger partial charge on any atom is 0.140 e. The molecule has 0 radical (unpaired) electrons. The summed E-state index contributed by atoms with van der Waals surface area (Å²) in [5.74, 6) is 1.57. The normalized spacial score (nSPS) is 10.4. The molecule has 0 atom stereocenters. The van der Waals surface area contributed by atoms with Crippen molar-refractivity contribution in [3.05, 3.63) is 46.4 Å². The highest BCUT2D eigenvalue weighted by Crippen LogP contribution is 2.15. The zero-order valence-corrected chi connectivity index (χ0v) is 11.0. The summed E-state index contributed by atoms with van der Waals surface area (Å²) >= 11 is 7.29. The van der Waals surface area contributed by atoms with Crippen molar-refractivity contribution >= 4 is 22.9 Å². The van der Waals surface area contributed by atoms with E-state index < -0.39 is 0 Å². The number of aromatic nitrogens is 1. The minimum Gasteiger partial charge on any atom is -0.486 e. The number of ether oxygens (including phenoxy) is 1. The molecule has 2 aromatic rings. The number of benzene rings is 1. The number of nitrogens with zero attached hydrogens (tertiary/aromatic N) is 1. The number of halogens is 1. The molecule has 0 aliphatic rings. The van der Waals surface area contributed by atoms with Crippen LogP contribution in [0.25, 0.3) is 0 Å². The molecule has 0 amide bonds. The summed E-state index contributed by atoms with van der Waals surface area (Å²) < 4.78 is 5.63. The van der Waals surface area contributed by atoms with E-state index in [-0.39, 0.29) is 0 Å². The lowest BCUT2D eigenvalue weighted by Crippen LogP contribution is -1.95. The minimum absolute atomic E-state index is 0.537. The Labute approximate surface area is 110 Å². The van der Waals surface area contributed by atoms with Crippen molar-refractivity contribution in [3.63, 3.8) is 0 Å². The van der Waals surface area contributed by atoms with Crippen LogP contribution in [0.1, 0.15) is 17.1 Å². The fraction of sp³-hybridized carbons (Fsp3) is 0.308. The third-order valence-corrected chi connectivity index (χ3v) is 3.41. The van der Waals surface area contributed by atoms with Gasteiger partial charge in [-0.3, -0.25) is 0 Å². The molecule has 0 aliphatic heterocycles. The first-order valence-corrected chi connectivity index (χ1v) is 6.97. The number of aryl methyl sites for hydroxylation is 1. The van der Waals surface area contributed by atoms with Gasteiger partial charge in [0.1, 0.15) is 17.4 Å². The van der Waals surface area contributed by atoms with Gasteiger partial charge in [0.25, 0.3) is 0 Å². The van der Waals surface area contributed by atoms with Gasteiger partial charge >= 0.3 is 0 Å². The van der Waals surface area contributed by atoms with Crippen LogP contribution in [0, 0.1) is 0 Å². The molecule has 0 N–H and O–H groups in total. The zero-order valence-electron chi connectivity index (χ0n) is 9.43. The van der Waals surface area contributed by atoms with Gasteiger partial charge in [0.05, 0.1) is 5.69 Å². The molecule has 17 heavy (non-hydrogen) atoms. The molecule has 0 saturated carbocycles. The van der Waals surface area contributed by atoms with E-state index >= 15 is 0 Å². The Bertz CT molecular complexity index is 444. The summed E-state index contributed by atoms with van der Waals surface area (Å²) in [5.41, 5.74) is 1.11. The van der Waals surface area contributed by atoms with Crippen LogP contribution in [0.4, 0.5) is 0 Å². The van der Waals surface area contributed by atoms with Crippen LogP contribution in [-0.4, -0.2) is 10.9 Å². The summed E-state index contributed by atoms with van der Waals surface area (Å²) in [4.78, 5) is 4.50. The molecule has 0 saturated heterocycles. The van der Waals surface area contributed by atoms with E-state index in [0.29, 0.717) is 12.5 Å². The van der Waals surface area contributed by atoms with Crippen LogP contribution in [0.15, 0.2) is 35.7 Å². The van der Waals surface area contributed by atoms with Crippen molar-refractivity contribution in [1.82, 2.24) is 4.98 Å². The average Bonchev–Trinajstić information content (AvgIpc) is 2.83. The van der Waals surface area contributed by atoms with Gasteiger partial charge in [0, 0.05) is 11.3 Å². The highest BCUT2D eigenvalue weighted by atomic mass is 35.5. The van der Waals surface area contributed by atoms with Crippen molar-refractivity contribution < 1.29 is 4.74 Å². The quantitative estimate of drug-likeness (QED) is 0.741. The Morgan fingerprint density at radius 1 is 1.24 bits per heavy atom. The molecule has 0 spiro atoms. The maximum absolute atomic E-state index is 5.65. The second-order valence-corrected chi connectivity index (χ2v) is 4.95. The summed E-state index contributed by atoms with van der Waals surface area (Å²) in [6, 6.07) is 9.79. The Morgan fingerprint density at radius 3 is 2.82 bits per heavy atom. The summed E-state index contributed by atoms with van der Waals surface area (Å²) in [7, 11) is 0. The molecule has 0 aliphatic carbocycles. The molecular weight excluding hydrogens is 254 g/mol. The molecule has 2 rings (SSSR count). The van der Waals surface area contributed by atoms with Gasteiger partial charge in [-0.25, -0.2) is 4.98 Å². The zero-order chi connectivity index (χ0) is 11.9. The van der Waals surface area contributed by atoms with Crippen LogP contribution >= 0.6 is 22.9 Å². The molecule has 90 valence electrons. The molecular formula is C13H14ClNOS. The smallest absolute Gasteiger partial charge is 0.140 e. The van der Waals surface area contributed by atoms with Crippen LogP contribution < -0.4 is 4.74 Å². The molecule has 0 unspecified atom stereocenters. The van der Waals surface area contributed by atoms with E-state index in [1.807, 2.05) is 30.3 Å². The van der Waals surface area contributed by atoms with Crippen molar-refractivity contribution in [2.45, 2.75) is 19.4 Å². The van der Waals surface area contributed by atoms with E-state index in [1.165, 1.54) is 0 Å². The number of para-hydroxylation sites is 1. The highest BCUT2D eigenvalue weighted by Gasteiger charge is 2.02. The largest absolute Gasteiger partial charge is 0.486 e. The van der Waals surface area contributed by atoms with E-state index in [1.54, 1.807) is 11.3 Å². The molecule has 1 heterocycles. The van der Waals surface area contributed by atoms with Gasteiger partial charge in [-0.2, -0.15) is 0 Å². The molecule has 4 heteroatoms. The Morgan fingerprint density at radius 2 is 2.06 bits per heavy atom. The Hall–Kier alpha value is -1.06. The predicted molar refractivity (Wildman–Crippen MR) is 71.9 cm³/mol. The Kier molecular flexibility index (Phi) is 4.83. The number of rotatable bonds is 6. The monoisotopic (exact) mass is 267 g/mol. The van der Waals surface area contributed by atoms with E-state index in [9.17, 15) is 0 Å². The SMILES string of the molecule is ClCCCc1csc(COc2ccccc2)n1. The molecule has 2 nitrogen and oxygen atoms in total. The second kappa shape index (κ2) is 6.62. The second-order valence-electron chi connectivity index (χ2n) is 3.63. The van der Waals surface area contributed by atoms with Gasteiger partial charge in [-0.1, -0.05) is 18.2 Å². The fourth-order valence-electron chi connectivity index (χ4n) is 1.44. The van der Waals surface area contributed by atoms with Gasteiger partial charge in [0.15, 0.2) is 0 Å². The average molecular weight is 268 g/mol. The number of hydrogen-bond acceptors (Lipinski definition) is 3. The number of thiazole rings is 1. The van der Waals surface area contributed by atoms with Crippen LogP contribution in [0.3, 0.4) is 0 Å². The van der Waals surface area contributed by atoms with Crippen LogP contribution in [-0.2, 0) is 13.0 Å². The first-order valence-electron chi connectivity index (χ1n) is 5.55. The molecule has 1 aromatic heterocycles. The minimum atomic E-state index is 0.537. The summed E-state index contributed by atoms with van der Waals surface area (Å²) in [6.07, 6.45) is 1.93. The van der Waals surface area contributed by atoms with Gasteiger partial charge < -0.3 is 4.74 Å². The lowest BCUT2D eigenvalue weighted by Gasteiger charge is -2.02.